The topological polar surface area (TPSA) is 96.2 Å². The molecule has 2 fully saturated rings. The first-order valence-electron chi connectivity index (χ1n) is 17.2. The van der Waals surface area contributed by atoms with Gasteiger partial charge in [0.2, 0.25) is 11.8 Å². The number of piperidine rings is 1. The molecule has 0 saturated carbocycles. The number of ether oxygens (including phenoxy) is 2. The number of hydrogen-bond acceptors (Lipinski definition) is 7. The summed E-state index contributed by atoms with van der Waals surface area (Å²) in [6.45, 7) is 9.18. The fraction of sp³-hybridized carbons (Fsp3) is 0.359. The average molecular weight is 661 g/mol. The lowest BCUT2D eigenvalue weighted by Crippen LogP contribution is -2.50. The maximum atomic E-state index is 11.4. The van der Waals surface area contributed by atoms with Crippen LogP contribution in [0.25, 0.3) is 22.2 Å². The van der Waals surface area contributed by atoms with Crippen LogP contribution in [0.2, 0.25) is 0 Å². The van der Waals surface area contributed by atoms with E-state index in [4.69, 9.17) is 19.6 Å². The molecule has 0 unspecified atom stereocenters. The van der Waals surface area contributed by atoms with E-state index in [1.807, 2.05) is 84.5 Å². The lowest BCUT2D eigenvalue weighted by molar-refractivity contribution is 0.0836. The summed E-state index contributed by atoms with van der Waals surface area (Å²) < 4.78 is 14.4. The molecule has 1 amide bonds. The Morgan fingerprint density at radius 2 is 1.55 bits per heavy atom. The fourth-order valence-corrected chi connectivity index (χ4v) is 7.05. The minimum Gasteiger partial charge on any atom is -0.473 e. The number of amides is 1. The van der Waals surface area contributed by atoms with Gasteiger partial charge in [0, 0.05) is 70.0 Å². The normalized spacial score (nSPS) is 18.5. The van der Waals surface area contributed by atoms with Crippen LogP contribution in [0, 0.1) is 11.8 Å². The van der Waals surface area contributed by atoms with Gasteiger partial charge < -0.3 is 24.4 Å². The standard InChI is InChI=1S/C39H44N6O4/c1-28-24-45(39(46)47)18-17-31(28)25-43-19-21-44(22-20-43)32-13-14-33-35(23-32)42(2)41-37(33)34-15-16-36(48-26-29-9-5-3-6-10-29)40-38(34)49-27-30-11-7-4-8-12-30/h3-16,23,28,31H,17-22,24-27H2,1-2H3,(H,46,47)/t28-,31-/m1/s1. The highest BCUT2D eigenvalue weighted by Crippen LogP contribution is 2.37. The number of hydrogen-bond donors (Lipinski definition) is 1. The molecule has 2 atom stereocenters. The summed E-state index contributed by atoms with van der Waals surface area (Å²) in [6, 6.07) is 30.6. The summed E-state index contributed by atoms with van der Waals surface area (Å²) in [5.74, 6) is 1.89. The van der Waals surface area contributed by atoms with E-state index in [2.05, 4.69) is 34.9 Å². The molecule has 0 bridgehead atoms. The third-order valence-corrected chi connectivity index (χ3v) is 9.96. The largest absolute Gasteiger partial charge is 0.473 e. The highest BCUT2D eigenvalue weighted by Gasteiger charge is 2.31. The van der Waals surface area contributed by atoms with Crippen molar-refractivity contribution < 1.29 is 19.4 Å². The second-order valence-corrected chi connectivity index (χ2v) is 13.3. The molecule has 2 aliphatic heterocycles. The molecule has 10 heteroatoms. The second kappa shape index (κ2) is 14.6. The zero-order valence-corrected chi connectivity index (χ0v) is 28.2. The van der Waals surface area contributed by atoms with Crippen molar-refractivity contribution >= 4 is 22.7 Å². The molecule has 0 radical (unpaired) electrons. The van der Waals surface area contributed by atoms with E-state index >= 15 is 0 Å². The smallest absolute Gasteiger partial charge is 0.407 e. The molecule has 5 aromatic rings. The van der Waals surface area contributed by atoms with Gasteiger partial charge in [0.05, 0.1) is 11.1 Å². The van der Waals surface area contributed by atoms with E-state index in [0.29, 0.717) is 49.9 Å². The summed E-state index contributed by atoms with van der Waals surface area (Å²) in [4.78, 5) is 22.8. The molecule has 2 aromatic heterocycles. The summed E-state index contributed by atoms with van der Waals surface area (Å²) in [5.41, 5.74) is 6.00. The summed E-state index contributed by atoms with van der Waals surface area (Å²) in [5, 5.41) is 15.4. The van der Waals surface area contributed by atoms with Crippen molar-refractivity contribution in [3.05, 3.63) is 102 Å². The van der Waals surface area contributed by atoms with Gasteiger partial charge in [0.1, 0.15) is 18.9 Å². The van der Waals surface area contributed by atoms with Crippen LogP contribution in [0.4, 0.5) is 10.5 Å². The number of rotatable bonds is 10. The van der Waals surface area contributed by atoms with E-state index in [1.165, 1.54) is 5.69 Å². The summed E-state index contributed by atoms with van der Waals surface area (Å²) in [7, 11) is 1.99. The van der Waals surface area contributed by atoms with Crippen molar-refractivity contribution in [1.29, 1.82) is 0 Å². The van der Waals surface area contributed by atoms with E-state index < -0.39 is 6.09 Å². The number of aryl methyl sites for hydroxylation is 1. The van der Waals surface area contributed by atoms with Crippen molar-refractivity contribution in [1.82, 2.24) is 24.6 Å². The fourth-order valence-electron chi connectivity index (χ4n) is 7.05. The molecule has 0 spiro atoms. The van der Waals surface area contributed by atoms with Gasteiger partial charge in [0.15, 0.2) is 0 Å². The number of anilines is 1. The first-order valence-corrected chi connectivity index (χ1v) is 17.2. The number of aromatic nitrogens is 3. The predicted molar refractivity (Wildman–Crippen MR) is 191 cm³/mol. The van der Waals surface area contributed by atoms with Crippen LogP contribution in [-0.2, 0) is 20.3 Å². The van der Waals surface area contributed by atoms with Crippen LogP contribution in [0.1, 0.15) is 24.5 Å². The van der Waals surface area contributed by atoms with Gasteiger partial charge in [-0.05, 0) is 53.6 Å². The molecule has 4 heterocycles. The van der Waals surface area contributed by atoms with Crippen LogP contribution in [0.5, 0.6) is 11.8 Å². The minimum atomic E-state index is -0.799. The van der Waals surface area contributed by atoms with Crippen LogP contribution in [0.15, 0.2) is 91.0 Å². The van der Waals surface area contributed by atoms with E-state index in [9.17, 15) is 9.90 Å². The van der Waals surface area contributed by atoms with Gasteiger partial charge in [-0.1, -0.05) is 67.6 Å². The van der Waals surface area contributed by atoms with Gasteiger partial charge in [0.25, 0.3) is 0 Å². The Balaban J connectivity index is 1.07. The summed E-state index contributed by atoms with van der Waals surface area (Å²) >= 11 is 0. The molecule has 1 N–H and O–H groups in total. The van der Waals surface area contributed by atoms with Crippen LogP contribution in [0.3, 0.4) is 0 Å². The molecule has 2 aliphatic rings. The average Bonchev–Trinajstić information content (AvgIpc) is 3.46. The molecular weight excluding hydrogens is 616 g/mol. The third-order valence-electron chi connectivity index (χ3n) is 9.96. The maximum absolute atomic E-state index is 11.4. The second-order valence-electron chi connectivity index (χ2n) is 13.3. The van der Waals surface area contributed by atoms with Crippen LogP contribution < -0.4 is 14.4 Å². The highest BCUT2D eigenvalue weighted by molar-refractivity contribution is 5.96. The van der Waals surface area contributed by atoms with E-state index in [-0.39, 0.29) is 0 Å². The molecule has 49 heavy (non-hydrogen) atoms. The minimum absolute atomic E-state index is 0.377. The number of pyridine rings is 1. The van der Waals surface area contributed by atoms with Crippen molar-refractivity contribution in [2.45, 2.75) is 26.6 Å². The zero-order chi connectivity index (χ0) is 33.7. The number of piperazine rings is 1. The molecule has 7 rings (SSSR count). The Morgan fingerprint density at radius 1 is 0.857 bits per heavy atom. The van der Waals surface area contributed by atoms with Crippen molar-refractivity contribution in [2.24, 2.45) is 18.9 Å². The first kappa shape index (κ1) is 32.5. The lowest BCUT2D eigenvalue weighted by atomic mass is 9.86. The number of likely N-dealkylation sites (tertiary alicyclic amines) is 1. The zero-order valence-electron chi connectivity index (χ0n) is 28.2. The van der Waals surface area contributed by atoms with Gasteiger partial charge in [-0.15, -0.1) is 0 Å². The van der Waals surface area contributed by atoms with Gasteiger partial charge in [-0.25, -0.2) is 4.79 Å². The Kier molecular flexibility index (Phi) is 9.65. The quantitative estimate of drug-likeness (QED) is 0.180. The highest BCUT2D eigenvalue weighted by atomic mass is 16.5. The van der Waals surface area contributed by atoms with Crippen molar-refractivity contribution in [3.63, 3.8) is 0 Å². The Hall–Kier alpha value is -5.09. The van der Waals surface area contributed by atoms with Gasteiger partial charge in [-0.3, -0.25) is 9.58 Å². The van der Waals surface area contributed by atoms with E-state index in [0.717, 1.165) is 72.4 Å². The number of nitrogens with zero attached hydrogens (tertiary/aromatic N) is 6. The lowest BCUT2D eigenvalue weighted by Gasteiger charge is -2.41. The van der Waals surface area contributed by atoms with Crippen molar-refractivity contribution in [2.75, 3.05) is 50.7 Å². The number of benzene rings is 3. The Bertz CT molecular complexity index is 1870. The SMILES string of the molecule is C[C@@H]1CN(C(=O)O)CC[C@@H]1CN1CCN(c2ccc3c(-c4ccc(OCc5ccccc5)nc4OCc4ccccc4)nn(C)c3c2)CC1. The Labute approximate surface area is 287 Å². The van der Waals surface area contributed by atoms with Crippen LogP contribution in [-0.4, -0.2) is 81.6 Å². The van der Waals surface area contributed by atoms with E-state index in [1.54, 1.807) is 4.90 Å². The van der Waals surface area contributed by atoms with Crippen molar-refractivity contribution in [3.8, 4) is 23.0 Å². The first-order chi connectivity index (χ1) is 23.9. The third kappa shape index (κ3) is 7.49. The van der Waals surface area contributed by atoms with Crippen LogP contribution >= 0.6 is 0 Å². The number of carbonyl (C=O) groups is 1. The molecule has 10 nitrogen and oxygen atoms in total. The Morgan fingerprint density at radius 3 is 2.22 bits per heavy atom. The predicted octanol–water partition coefficient (Wildman–Crippen LogP) is 6.55. The molecule has 254 valence electrons. The molecule has 3 aromatic carbocycles. The number of carboxylic acid groups (broad SMARTS) is 1. The number of fused-ring (bicyclic) bond motifs is 1. The van der Waals surface area contributed by atoms with Gasteiger partial charge >= 0.3 is 6.09 Å². The maximum Gasteiger partial charge on any atom is 0.407 e. The molecule has 2 saturated heterocycles. The molecule has 0 aliphatic carbocycles. The summed E-state index contributed by atoms with van der Waals surface area (Å²) in [6.07, 6.45) is 0.137. The molecular formula is C39H44N6O4. The monoisotopic (exact) mass is 660 g/mol. The van der Waals surface area contributed by atoms with Gasteiger partial charge in [-0.2, -0.15) is 10.1 Å².